The molecule has 0 bridgehead atoms. The molecule has 178 valence electrons. The quantitative estimate of drug-likeness (QED) is 0.270. The number of pyridine rings is 1. The molecule has 6 nitrogen and oxygen atoms in total. The van der Waals surface area contributed by atoms with Crippen LogP contribution in [0.15, 0.2) is 114 Å². The minimum absolute atomic E-state index is 0.140. The lowest BCUT2D eigenvalue weighted by Crippen LogP contribution is -2.21. The van der Waals surface area contributed by atoms with Crippen molar-refractivity contribution in [2.24, 2.45) is 5.10 Å². The number of amides is 1. The van der Waals surface area contributed by atoms with E-state index in [-0.39, 0.29) is 11.8 Å². The Morgan fingerprint density at radius 1 is 0.972 bits per heavy atom. The maximum atomic E-state index is 12.6. The minimum atomic E-state index is -0.315. The highest BCUT2D eigenvalue weighted by molar-refractivity contribution is 5.97. The van der Waals surface area contributed by atoms with Gasteiger partial charge in [-0.05, 0) is 55.0 Å². The highest BCUT2D eigenvalue weighted by atomic mass is 16.5. The molecule has 3 aromatic carbocycles. The molecule has 0 saturated heterocycles. The van der Waals surface area contributed by atoms with E-state index in [2.05, 4.69) is 33.7 Å². The van der Waals surface area contributed by atoms with Gasteiger partial charge in [0.05, 0.1) is 12.8 Å². The topological polar surface area (TPSA) is 72.8 Å². The largest absolute Gasteiger partial charge is 0.494 e. The second-order valence-corrected chi connectivity index (χ2v) is 8.16. The summed E-state index contributed by atoms with van der Waals surface area (Å²) in [4.78, 5) is 16.5. The van der Waals surface area contributed by atoms with Gasteiger partial charge < -0.3 is 9.47 Å². The number of aromatic nitrogens is 1. The first-order valence-corrected chi connectivity index (χ1v) is 11.8. The molecule has 0 aliphatic carbocycles. The van der Waals surface area contributed by atoms with E-state index in [0.717, 1.165) is 33.8 Å². The predicted octanol–water partition coefficient (Wildman–Crippen LogP) is 5.83. The number of nitrogens with one attached hydrogen (secondary N) is 1. The van der Waals surface area contributed by atoms with Crippen molar-refractivity contribution in [3.63, 3.8) is 0 Å². The van der Waals surface area contributed by atoms with Gasteiger partial charge in [0.1, 0.15) is 17.3 Å². The number of rotatable bonds is 7. The maximum absolute atomic E-state index is 12.6. The molecular weight excluding hydrogens is 450 g/mol. The standard InChI is InChI=1S/C30H25N3O3/c1-2-35-24-14-12-22(13-15-24)29-26(20-32-33-30(34)23-16-18-31-19-17-23)28(21-8-4-3-5-9-21)25-10-6-7-11-27(25)36-29/h3-20,28H,2H2,1H3,(H,33,34)/b32-20-/t28-/m1/s1. The number of carbonyl (C=O) groups is 1. The fourth-order valence-electron chi connectivity index (χ4n) is 4.24. The lowest BCUT2D eigenvalue weighted by atomic mass is 9.81. The van der Waals surface area contributed by atoms with Crippen molar-refractivity contribution in [2.75, 3.05) is 6.61 Å². The molecule has 1 aliphatic heterocycles. The Morgan fingerprint density at radius 3 is 2.44 bits per heavy atom. The molecular formula is C30H25N3O3. The van der Waals surface area contributed by atoms with Crippen LogP contribution in [-0.2, 0) is 0 Å². The van der Waals surface area contributed by atoms with Gasteiger partial charge in [0.25, 0.3) is 5.91 Å². The zero-order valence-corrected chi connectivity index (χ0v) is 19.8. The number of para-hydroxylation sites is 1. The van der Waals surface area contributed by atoms with Gasteiger partial charge in [0, 0.05) is 40.6 Å². The normalized spacial score (nSPS) is 14.8. The first-order valence-electron chi connectivity index (χ1n) is 11.8. The number of hydrogen-bond donors (Lipinski definition) is 1. The average Bonchev–Trinajstić information content (AvgIpc) is 2.94. The summed E-state index contributed by atoms with van der Waals surface area (Å²) in [5.74, 6) is 1.79. The van der Waals surface area contributed by atoms with Crippen molar-refractivity contribution >= 4 is 17.9 Å². The van der Waals surface area contributed by atoms with E-state index < -0.39 is 0 Å². The smallest absolute Gasteiger partial charge is 0.271 e. The Kier molecular flexibility index (Phi) is 6.85. The average molecular weight is 476 g/mol. The number of hydrazone groups is 1. The van der Waals surface area contributed by atoms with Gasteiger partial charge in [0.15, 0.2) is 0 Å². The summed E-state index contributed by atoms with van der Waals surface area (Å²) in [6.45, 7) is 2.55. The summed E-state index contributed by atoms with van der Waals surface area (Å²) in [5.41, 5.74) is 6.95. The second kappa shape index (κ2) is 10.7. The lowest BCUT2D eigenvalue weighted by Gasteiger charge is -2.30. The predicted molar refractivity (Wildman–Crippen MR) is 140 cm³/mol. The monoisotopic (exact) mass is 475 g/mol. The number of carbonyl (C=O) groups excluding carboxylic acids is 1. The number of fused-ring (bicyclic) bond motifs is 1. The highest BCUT2D eigenvalue weighted by Crippen LogP contribution is 2.45. The van der Waals surface area contributed by atoms with E-state index in [1.165, 1.54) is 0 Å². The van der Waals surface area contributed by atoms with E-state index in [1.807, 2.05) is 67.6 Å². The number of benzene rings is 3. The molecule has 5 rings (SSSR count). The van der Waals surface area contributed by atoms with Gasteiger partial charge in [-0.2, -0.15) is 5.10 Å². The fraction of sp³-hybridized carbons (Fsp3) is 0.100. The Bertz CT molecular complexity index is 1400. The highest BCUT2D eigenvalue weighted by Gasteiger charge is 2.31. The first kappa shape index (κ1) is 23.1. The zero-order valence-electron chi connectivity index (χ0n) is 19.8. The van der Waals surface area contributed by atoms with Crippen molar-refractivity contribution in [3.05, 3.63) is 131 Å². The molecule has 1 N–H and O–H groups in total. The number of allylic oxidation sites excluding steroid dienone is 1. The van der Waals surface area contributed by atoms with Crippen molar-refractivity contribution < 1.29 is 14.3 Å². The van der Waals surface area contributed by atoms with Crippen molar-refractivity contribution in [1.29, 1.82) is 0 Å². The number of nitrogens with zero attached hydrogens (tertiary/aromatic N) is 2. The molecule has 0 spiro atoms. The molecule has 0 unspecified atom stereocenters. The Labute approximate surface area is 209 Å². The summed E-state index contributed by atoms with van der Waals surface area (Å²) in [6.07, 6.45) is 4.82. The summed E-state index contributed by atoms with van der Waals surface area (Å²) < 4.78 is 12.1. The van der Waals surface area contributed by atoms with Crippen LogP contribution < -0.4 is 14.9 Å². The summed E-state index contributed by atoms with van der Waals surface area (Å²) in [6, 6.07) is 29.3. The molecule has 2 heterocycles. The van der Waals surface area contributed by atoms with Crippen LogP contribution in [-0.4, -0.2) is 23.7 Å². The van der Waals surface area contributed by atoms with Crippen molar-refractivity contribution in [1.82, 2.24) is 10.4 Å². The molecule has 1 atom stereocenters. The van der Waals surface area contributed by atoms with E-state index in [9.17, 15) is 4.79 Å². The summed E-state index contributed by atoms with van der Waals surface area (Å²) in [7, 11) is 0. The van der Waals surface area contributed by atoms with Crippen LogP contribution in [0.25, 0.3) is 5.76 Å². The van der Waals surface area contributed by atoms with Crippen LogP contribution >= 0.6 is 0 Å². The second-order valence-electron chi connectivity index (χ2n) is 8.16. The van der Waals surface area contributed by atoms with Gasteiger partial charge in [-0.15, -0.1) is 0 Å². The van der Waals surface area contributed by atoms with Gasteiger partial charge in [-0.1, -0.05) is 48.5 Å². The Balaban J connectivity index is 1.59. The van der Waals surface area contributed by atoms with Crippen LogP contribution in [0.4, 0.5) is 0 Å². The van der Waals surface area contributed by atoms with Gasteiger partial charge >= 0.3 is 0 Å². The third kappa shape index (κ3) is 4.88. The molecule has 36 heavy (non-hydrogen) atoms. The van der Waals surface area contributed by atoms with E-state index >= 15 is 0 Å². The third-order valence-electron chi connectivity index (χ3n) is 5.89. The molecule has 6 heteroatoms. The van der Waals surface area contributed by atoms with Crippen LogP contribution in [0.2, 0.25) is 0 Å². The van der Waals surface area contributed by atoms with Crippen molar-refractivity contribution in [3.8, 4) is 11.5 Å². The van der Waals surface area contributed by atoms with E-state index in [0.29, 0.717) is 17.9 Å². The number of hydrogen-bond acceptors (Lipinski definition) is 5. The Hall–Kier alpha value is -4.71. The molecule has 0 radical (unpaired) electrons. The zero-order chi connectivity index (χ0) is 24.7. The van der Waals surface area contributed by atoms with Crippen LogP contribution in [0, 0.1) is 0 Å². The summed E-state index contributed by atoms with van der Waals surface area (Å²) >= 11 is 0. The van der Waals surface area contributed by atoms with E-state index in [4.69, 9.17) is 9.47 Å². The molecule has 0 fully saturated rings. The van der Waals surface area contributed by atoms with Gasteiger partial charge in [-0.25, -0.2) is 5.43 Å². The maximum Gasteiger partial charge on any atom is 0.271 e. The lowest BCUT2D eigenvalue weighted by molar-refractivity contribution is 0.0955. The fourth-order valence-corrected chi connectivity index (χ4v) is 4.24. The minimum Gasteiger partial charge on any atom is -0.494 e. The molecule has 4 aromatic rings. The van der Waals surface area contributed by atoms with Gasteiger partial charge in [0.2, 0.25) is 0 Å². The third-order valence-corrected chi connectivity index (χ3v) is 5.89. The number of ether oxygens (including phenoxy) is 2. The SMILES string of the molecule is CCOc1ccc(C2=C(/C=N\NC(=O)c3ccncc3)[C@H](c3ccccc3)c3ccccc3O2)cc1. The molecule has 1 aromatic heterocycles. The first-order chi connectivity index (χ1) is 17.7. The van der Waals surface area contributed by atoms with Crippen molar-refractivity contribution in [2.45, 2.75) is 12.8 Å². The summed E-state index contributed by atoms with van der Waals surface area (Å²) in [5, 5.41) is 4.34. The van der Waals surface area contributed by atoms with Gasteiger partial charge in [-0.3, -0.25) is 9.78 Å². The molecule has 0 saturated carbocycles. The van der Waals surface area contributed by atoms with Crippen LogP contribution in [0.5, 0.6) is 11.5 Å². The Morgan fingerprint density at radius 2 is 1.69 bits per heavy atom. The van der Waals surface area contributed by atoms with Crippen LogP contribution in [0.1, 0.15) is 39.9 Å². The molecule has 1 amide bonds. The van der Waals surface area contributed by atoms with E-state index in [1.54, 1.807) is 30.7 Å². The van der Waals surface area contributed by atoms with Crippen LogP contribution in [0.3, 0.4) is 0 Å². The molecule has 1 aliphatic rings.